The van der Waals surface area contributed by atoms with Gasteiger partial charge >= 0.3 is 0 Å². The molecular weight excluding hydrogens is 190 g/mol. The molecule has 2 aliphatic rings. The molecule has 0 bridgehead atoms. The molecule has 0 aromatic carbocycles. The van der Waals surface area contributed by atoms with Gasteiger partial charge in [0.05, 0.1) is 6.61 Å². The van der Waals surface area contributed by atoms with E-state index in [2.05, 4.69) is 10.2 Å². The zero-order valence-corrected chi connectivity index (χ0v) is 9.61. The van der Waals surface area contributed by atoms with E-state index in [1.807, 2.05) is 0 Å². The highest BCUT2D eigenvalue weighted by Crippen LogP contribution is 2.29. The number of nitrogens with one attached hydrogen (secondary N) is 1. The summed E-state index contributed by atoms with van der Waals surface area (Å²) in [5.74, 6) is 0. The molecule has 2 rings (SSSR count). The largest absolute Gasteiger partial charge is 0.383 e. The Balaban J connectivity index is 1.59. The maximum Gasteiger partial charge on any atom is 0.0626 e. The van der Waals surface area contributed by atoms with Gasteiger partial charge in [0.1, 0.15) is 0 Å². The highest BCUT2D eigenvalue weighted by molar-refractivity contribution is 4.92. The van der Waals surface area contributed by atoms with Crippen molar-refractivity contribution in [3.8, 4) is 0 Å². The van der Waals surface area contributed by atoms with Gasteiger partial charge in [-0.05, 0) is 19.3 Å². The molecule has 2 unspecified atom stereocenters. The number of methoxy groups -OCH3 is 1. The second kappa shape index (κ2) is 5.25. The fourth-order valence-electron chi connectivity index (χ4n) is 2.32. The molecule has 0 amide bonds. The normalized spacial score (nSPS) is 29.6. The van der Waals surface area contributed by atoms with Crippen molar-refractivity contribution in [2.24, 2.45) is 5.73 Å². The van der Waals surface area contributed by atoms with E-state index in [9.17, 15) is 0 Å². The van der Waals surface area contributed by atoms with Crippen LogP contribution in [0.2, 0.25) is 0 Å². The summed E-state index contributed by atoms with van der Waals surface area (Å²) < 4.78 is 5.01. The fourth-order valence-corrected chi connectivity index (χ4v) is 2.32. The summed E-state index contributed by atoms with van der Waals surface area (Å²) in [6, 6.07) is 1.68. The molecule has 1 heterocycles. The fraction of sp³-hybridized carbons (Fsp3) is 1.00. The Morgan fingerprint density at radius 3 is 2.93 bits per heavy atom. The predicted octanol–water partition coefficient (Wildman–Crippen LogP) is -0.214. The molecule has 88 valence electrons. The van der Waals surface area contributed by atoms with E-state index in [0.29, 0.717) is 12.6 Å². The van der Waals surface area contributed by atoms with E-state index < -0.39 is 0 Å². The molecule has 2 fully saturated rings. The Bertz CT molecular complexity index is 196. The van der Waals surface area contributed by atoms with Crippen LogP contribution in [0.15, 0.2) is 0 Å². The summed E-state index contributed by atoms with van der Waals surface area (Å²) in [6.45, 7) is 4.00. The minimum absolute atomic E-state index is 0.130. The highest BCUT2D eigenvalue weighted by atomic mass is 16.5. The van der Waals surface area contributed by atoms with E-state index in [1.54, 1.807) is 7.11 Å². The molecule has 4 heteroatoms. The Hall–Kier alpha value is -0.160. The van der Waals surface area contributed by atoms with E-state index >= 15 is 0 Å². The number of ether oxygens (including phenoxy) is 1. The first-order valence-corrected chi connectivity index (χ1v) is 6.01. The van der Waals surface area contributed by atoms with Crippen molar-refractivity contribution in [2.75, 3.05) is 33.4 Å². The van der Waals surface area contributed by atoms with Gasteiger partial charge in [0.2, 0.25) is 0 Å². The van der Waals surface area contributed by atoms with Gasteiger partial charge in [-0.25, -0.2) is 0 Å². The lowest BCUT2D eigenvalue weighted by Gasteiger charge is -2.18. The van der Waals surface area contributed by atoms with Crippen molar-refractivity contribution in [3.05, 3.63) is 0 Å². The van der Waals surface area contributed by atoms with Crippen LogP contribution in [0.3, 0.4) is 0 Å². The van der Waals surface area contributed by atoms with Gasteiger partial charge in [-0.3, -0.25) is 4.90 Å². The van der Waals surface area contributed by atoms with Crippen molar-refractivity contribution >= 4 is 0 Å². The number of likely N-dealkylation sites (tertiary alicyclic amines) is 1. The average molecular weight is 213 g/mol. The van der Waals surface area contributed by atoms with E-state index in [0.717, 1.165) is 12.6 Å². The van der Waals surface area contributed by atoms with Gasteiger partial charge in [0.15, 0.2) is 0 Å². The third kappa shape index (κ3) is 3.41. The minimum Gasteiger partial charge on any atom is -0.383 e. The van der Waals surface area contributed by atoms with E-state index in [4.69, 9.17) is 10.5 Å². The smallest absolute Gasteiger partial charge is 0.0626 e. The molecule has 4 nitrogen and oxygen atoms in total. The van der Waals surface area contributed by atoms with Gasteiger partial charge in [-0.15, -0.1) is 0 Å². The lowest BCUT2D eigenvalue weighted by molar-refractivity contribution is 0.177. The summed E-state index contributed by atoms with van der Waals surface area (Å²) in [6.07, 6.45) is 4.10. The maximum atomic E-state index is 5.87. The van der Waals surface area contributed by atoms with E-state index in [1.165, 1.54) is 32.4 Å². The highest BCUT2D eigenvalue weighted by Gasteiger charge is 2.34. The van der Waals surface area contributed by atoms with Crippen LogP contribution in [-0.2, 0) is 4.74 Å². The summed E-state index contributed by atoms with van der Waals surface area (Å²) >= 11 is 0. The summed E-state index contributed by atoms with van der Waals surface area (Å²) in [7, 11) is 1.70. The molecule has 1 saturated heterocycles. The Kier molecular flexibility index (Phi) is 3.97. The molecular formula is C11H23N3O. The van der Waals surface area contributed by atoms with Crippen LogP contribution in [0.5, 0.6) is 0 Å². The second-order valence-corrected chi connectivity index (χ2v) is 4.84. The maximum absolute atomic E-state index is 5.87. The topological polar surface area (TPSA) is 50.5 Å². The lowest BCUT2D eigenvalue weighted by atomic mass is 10.2. The Morgan fingerprint density at radius 1 is 1.47 bits per heavy atom. The molecule has 0 aromatic rings. The number of nitrogens with two attached hydrogens (primary N) is 1. The first-order valence-electron chi connectivity index (χ1n) is 6.01. The molecule has 1 aliphatic carbocycles. The second-order valence-electron chi connectivity index (χ2n) is 4.84. The molecule has 3 N–H and O–H groups in total. The molecule has 15 heavy (non-hydrogen) atoms. The minimum atomic E-state index is 0.130. The quantitative estimate of drug-likeness (QED) is 0.641. The molecule has 1 aliphatic heterocycles. The van der Waals surface area contributed by atoms with Crippen LogP contribution in [0, 0.1) is 0 Å². The number of nitrogens with zero attached hydrogens (tertiary/aromatic N) is 1. The van der Waals surface area contributed by atoms with Crippen LogP contribution < -0.4 is 11.1 Å². The van der Waals surface area contributed by atoms with Gasteiger partial charge in [-0.2, -0.15) is 0 Å². The van der Waals surface area contributed by atoms with Gasteiger partial charge in [0, 0.05) is 44.9 Å². The predicted molar refractivity (Wildman–Crippen MR) is 60.9 cm³/mol. The van der Waals surface area contributed by atoms with Crippen LogP contribution in [-0.4, -0.2) is 56.4 Å². The Morgan fingerprint density at radius 2 is 2.27 bits per heavy atom. The molecule has 0 radical (unpaired) electrons. The molecule has 1 saturated carbocycles. The van der Waals surface area contributed by atoms with Crippen LogP contribution in [0.4, 0.5) is 0 Å². The van der Waals surface area contributed by atoms with Crippen molar-refractivity contribution in [1.82, 2.24) is 10.2 Å². The average Bonchev–Trinajstić information content (AvgIpc) is 2.96. The summed E-state index contributed by atoms with van der Waals surface area (Å²) in [5, 5.41) is 3.53. The first kappa shape index (κ1) is 11.3. The zero-order chi connectivity index (χ0) is 10.7. The monoisotopic (exact) mass is 213 g/mol. The van der Waals surface area contributed by atoms with Crippen LogP contribution >= 0.6 is 0 Å². The number of rotatable bonds is 6. The van der Waals surface area contributed by atoms with E-state index in [-0.39, 0.29) is 6.04 Å². The lowest BCUT2D eigenvalue weighted by Crippen LogP contribution is -2.43. The standard InChI is InChI=1S/C11H23N3O/c1-15-8-9(12)6-13-10-4-5-14(7-10)11-2-3-11/h9-11,13H,2-8,12H2,1H3. The van der Waals surface area contributed by atoms with Crippen molar-refractivity contribution in [3.63, 3.8) is 0 Å². The third-order valence-electron chi connectivity index (χ3n) is 3.33. The Labute approximate surface area is 92.1 Å². The van der Waals surface area contributed by atoms with Crippen LogP contribution in [0.1, 0.15) is 19.3 Å². The van der Waals surface area contributed by atoms with Gasteiger partial charge in [0.25, 0.3) is 0 Å². The number of hydrogen-bond donors (Lipinski definition) is 2. The van der Waals surface area contributed by atoms with Crippen molar-refractivity contribution < 1.29 is 4.74 Å². The summed E-state index contributed by atoms with van der Waals surface area (Å²) in [5.41, 5.74) is 5.87. The summed E-state index contributed by atoms with van der Waals surface area (Å²) in [4.78, 5) is 2.61. The van der Waals surface area contributed by atoms with Crippen molar-refractivity contribution in [2.45, 2.75) is 37.4 Å². The van der Waals surface area contributed by atoms with Crippen LogP contribution in [0.25, 0.3) is 0 Å². The molecule has 0 spiro atoms. The first-order chi connectivity index (χ1) is 7.29. The molecule has 2 atom stereocenters. The third-order valence-corrected chi connectivity index (χ3v) is 3.33. The zero-order valence-electron chi connectivity index (χ0n) is 9.61. The molecule has 0 aromatic heterocycles. The van der Waals surface area contributed by atoms with Gasteiger partial charge in [-0.1, -0.05) is 0 Å². The van der Waals surface area contributed by atoms with Gasteiger partial charge < -0.3 is 15.8 Å². The van der Waals surface area contributed by atoms with Crippen molar-refractivity contribution in [1.29, 1.82) is 0 Å². The SMILES string of the molecule is COCC(N)CNC1CCN(C2CC2)C1. The number of hydrogen-bond acceptors (Lipinski definition) is 4.